The summed E-state index contributed by atoms with van der Waals surface area (Å²) < 4.78 is 10.2. The number of pyridine rings is 1. The molecule has 0 bridgehead atoms. The van der Waals surface area contributed by atoms with E-state index in [1.165, 1.54) is 4.57 Å². The standard InChI is InChI=1S/C24H26ClN5O4/c1-15-11-19(13-26-12-15)34-23-27-21-20(22(32)29(9-4-10-31)24(33)28(21)3)30(23)14-17-6-8-18(25)7-5-16(17)2/h5-8,11-13,16,31H,4,9-10,14H2,1-3H3. The Morgan fingerprint density at radius 2 is 2.00 bits per heavy atom. The average molecular weight is 484 g/mol. The van der Waals surface area contributed by atoms with Gasteiger partial charge in [0.05, 0.1) is 6.20 Å². The number of aliphatic hydroxyl groups is 1. The van der Waals surface area contributed by atoms with E-state index in [1.54, 1.807) is 30.1 Å². The molecule has 1 atom stereocenters. The molecule has 1 N–H and O–H groups in total. The van der Waals surface area contributed by atoms with Gasteiger partial charge in [0, 0.05) is 38.0 Å². The van der Waals surface area contributed by atoms with E-state index in [0.29, 0.717) is 17.3 Å². The van der Waals surface area contributed by atoms with Crippen molar-refractivity contribution in [3.63, 3.8) is 0 Å². The summed E-state index contributed by atoms with van der Waals surface area (Å²) in [5.74, 6) is 0.510. The number of aromatic nitrogens is 5. The van der Waals surface area contributed by atoms with Crippen LogP contribution in [0, 0.1) is 12.8 Å². The minimum atomic E-state index is -0.501. The van der Waals surface area contributed by atoms with Crippen molar-refractivity contribution in [1.29, 1.82) is 0 Å². The van der Waals surface area contributed by atoms with Gasteiger partial charge in [-0.3, -0.25) is 23.5 Å². The van der Waals surface area contributed by atoms with Gasteiger partial charge in [0.25, 0.3) is 5.56 Å². The second kappa shape index (κ2) is 9.82. The zero-order valence-electron chi connectivity index (χ0n) is 19.2. The lowest BCUT2D eigenvalue weighted by atomic mass is 10.0. The van der Waals surface area contributed by atoms with Crippen molar-refractivity contribution >= 4 is 22.8 Å². The zero-order valence-corrected chi connectivity index (χ0v) is 20.0. The van der Waals surface area contributed by atoms with Gasteiger partial charge in [-0.2, -0.15) is 4.98 Å². The number of allylic oxidation sites excluding steroid dienone is 6. The van der Waals surface area contributed by atoms with Crippen molar-refractivity contribution in [2.45, 2.75) is 33.4 Å². The Morgan fingerprint density at radius 3 is 2.74 bits per heavy atom. The first-order chi connectivity index (χ1) is 16.3. The van der Waals surface area contributed by atoms with E-state index < -0.39 is 11.2 Å². The molecule has 1 aliphatic rings. The molecule has 3 heterocycles. The normalized spacial score (nSPS) is 15.9. The van der Waals surface area contributed by atoms with Crippen molar-refractivity contribution in [2.75, 3.05) is 6.61 Å². The van der Waals surface area contributed by atoms with Crippen LogP contribution in [0.25, 0.3) is 11.2 Å². The maximum absolute atomic E-state index is 13.5. The van der Waals surface area contributed by atoms with Gasteiger partial charge < -0.3 is 9.84 Å². The van der Waals surface area contributed by atoms with Gasteiger partial charge in [0.15, 0.2) is 11.2 Å². The maximum Gasteiger partial charge on any atom is 0.332 e. The van der Waals surface area contributed by atoms with Crippen LogP contribution < -0.4 is 16.0 Å². The molecule has 0 fully saturated rings. The van der Waals surface area contributed by atoms with Gasteiger partial charge in [-0.15, -0.1) is 0 Å². The summed E-state index contributed by atoms with van der Waals surface area (Å²) >= 11 is 6.18. The summed E-state index contributed by atoms with van der Waals surface area (Å²) in [7, 11) is 1.56. The summed E-state index contributed by atoms with van der Waals surface area (Å²) in [6, 6.07) is 1.99. The van der Waals surface area contributed by atoms with Crippen LogP contribution in [0.1, 0.15) is 18.9 Å². The molecule has 3 aromatic rings. The molecule has 0 aliphatic heterocycles. The highest BCUT2D eigenvalue weighted by Gasteiger charge is 2.23. The molecule has 0 saturated carbocycles. The van der Waals surface area contributed by atoms with Gasteiger partial charge in [-0.25, -0.2) is 4.79 Å². The maximum atomic E-state index is 13.5. The lowest BCUT2D eigenvalue weighted by Crippen LogP contribution is -2.40. The molecule has 9 nitrogen and oxygen atoms in total. The first-order valence-electron chi connectivity index (χ1n) is 10.9. The fraction of sp³-hybridized carbons (Fsp3) is 0.333. The number of nitrogens with zero attached hydrogens (tertiary/aromatic N) is 5. The molecule has 0 aromatic carbocycles. The predicted molar refractivity (Wildman–Crippen MR) is 130 cm³/mol. The number of fused-ring (bicyclic) bond motifs is 1. The Hall–Kier alpha value is -3.43. The minimum Gasteiger partial charge on any atom is -0.424 e. The van der Waals surface area contributed by atoms with Crippen LogP contribution in [0.4, 0.5) is 0 Å². The number of hydrogen-bond donors (Lipinski definition) is 1. The quantitative estimate of drug-likeness (QED) is 0.554. The Kier molecular flexibility index (Phi) is 6.85. The third-order valence-electron chi connectivity index (χ3n) is 5.72. The third-order valence-corrected chi connectivity index (χ3v) is 5.97. The van der Waals surface area contributed by atoms with Crippen LogP contribution in [0.15, 0.2) is 63.0 Å². The van der Waals surface area contributed by atoms with E-state index in [1.807, 2.05) is 38.1 Å². The molecule has 34 heavy (non-hydrogen) atoms. The minimum absolute atomic E-state index is 0.0441. The molecule has 10 heteroatoms. The van der Waals surface area contributed by atoms with Gasteiger partial charge in [0.1, 0.15) is 5.75 Å². The molecule has 1 aliphatic carbocycles. The molecule has 0 amide bonds. The Morgan fingerprint density at radius 1 is 1.21 bits per heavy atom. The highest BCUT2D eigenvalue weighted by atomic mass is 35.5. The number of halogens is 1. The number of imidazole rings is 1. The summed E-state index contributed by atoms with van der Waals surface area (Å²) in [6.07, 6.45) is 11.1. The van der Waals surface area contributed by atoms with E-state index in [4.69, 9.17) is 16.3 Å². The Bertz CT molecular complexity index is 1440. The topological polar surface area (TPSA) is 104 Å². The van der Waals surface area contributed by atoms with Crippen LogP contribution >= 0.6 is 11.6 Å². The lowest BCUT2D eigenvalue weighted by Gasteiger charge is -2.15. The number of ether oxygens (including phenoxy) is 1. The molecule has 0 radical (unpaired) electrons. The van der Waals surface area contributed by atoms with Crippen LogP contribution in [0.2, 0.25) is 0 Å². The summed E-state index contributed by atoms with van der Waals surface area (Å²) in [6.45, 7) is 4.19. The van der Waals surface area contributed by atoms with Crippen LogP contribution in [0.5, 0.6) is 11.8 Å². The Labute approximate surface area is 200 Å². The molecular weight excluding hydrogens is 458 g/mol. The third kappa shape index (κ3) is 4.62. The van der Waals surface area contributed by atoms with Crippen molar-refractivity contribution < 1.29 is 9.84 Å². The highest BCUT2D eigenvalue weighted by Crippen LogP contribution is 2.28. The molecular formula is C24H26ClN5O4. The number of aryl methyl sites for hydroxylation is 2. The molecule has 4 rings (SSSR count). The molecule has 1 unspecified atom stereocenters. The van der Waals surface area contributed by atoms with Crippen molar-refractivity contribution in [3.05, 3.63) is 79.8 Å². The molecule has 178 valence electrons. The Balaban J connectivity index is 1.93. The summed E-state index contributed by atoms with van der Waals surface area (Å²) in [5, 5.41) is 9.84. The fourth-order valence-corrected chi connectivity index (χ4v) is 3.96. The van der Waals surface area contributed by atoms with E-state index in [9.17, 15) is 14.7 Å². The SMILES string of the molecule is Cc1cncc(Oc2nc3c(c(=O)n(CCCO)c(=O)n3C)n2CC2=CC=C(Cl)C=CC2C)c1. The number of aliphatic hydroxyl groups excluding tert-OH is 1. The van der Waals surface area contributed by atoms with Crippen LogP contribution in [-0.2, 0) is 20.1 Å². The molecule has 3 aromatic heterocycles. The number of hydrogen-bond acceptors (Lipinski definition) is 6. The van der Waals surface area contributed by atoms with Crippen molar-refractivity contribution in [2.24, 2.45) is 13.0 Å². The number of rotatable bonds is 7. The molecule has 0 saturated heterocycles. The van der Waals surface area contributed by atoms with E-state index in [0.717, 1.165) is 15.7 Å². The van der Waals surface area contributed by atoms with Crippen molar-refractivity contribution in [1.82, 2.24) is 23.7 Å². The van der Waals surface area contributed by atoms with E-state index in [-0.39, 0.29) is 42.7 Å². The summed E-state index contributed by atoms with van der Waals surface area (Å²) in [5.41, 5.74) is 1.36. The van der Waals surface area contributed by atoms with E-state index >= 15 is 0 Å². The largest absolute Gasteiger partial charge is 0.424 e. The predicted octanol–water partition coefficient (Wildman–Crippen LogP) is 3.03. The fourth-order valence-electron chi connectivity index (χ4n) is 3.82. The average Bonchev–Trinajstić information content (AvgIpc) is 3.07. The smallest absolute Gasteiger partial charge is 0.332 e. The van der Waals surface area contributed by atoms with Crippen molar-refractivity contribution in [3.8, 4) is 11.8 Å². The van der Waals surface area contributed by atoms with E-state index in [2.05, 4.69) is 9.97 Å². The second-order valence-corrected chi connectivity index (χ2v) is 8.71. The summed E-state index contributed by atoms with van der Waals surface area (Å²) in [4.78, 5) is 35.0. The van der Waals surface area contributed by atoms with Gasteiger partial charge in [-0.1, -0.05) is 30.7 Å². The first-order valence-corrected chi connectivity index (χ1v) is 11.3. The lowest BCUT2D eigenvalue weighted by molar-refractivity contribution is 0.277. The monoisotopic (exact) mass is 483 g/mol. The van der Waals surface area contributed by atoms with Crippen LogP contribution in [0.3, 0.4) is 0 Å². The molecule has 0 spiro atoms. The highest BCUT2D eigenvalue weighted by molar-refractivity contribution is 6.31. The second-order valence-electron chi connectivity index (χ2n) is 8.27. The first kappa shape index (κ1) is 23.7. The van der Waals surface area contributed by atoms with Gasteiger partial charge in [0.2, 0.25) is 0 Å². The van der Waals surface area contributed by atoms with Gasteiger partial charge >= 0.3 is 11.7 Å². The van der Waals surface area contributed by atoms with Gasteiger partial charge in [-0.05, 0) is 48.6 Å². The zero-order chi connectivity index (χ0) is 24.4. The van der Waals surface area contributed by atoms with Crippen LogP contribution in [-0.4, -0.2) is 35.4 Å².